The Morgan fingerprint density at radius 2 is 1.77 bits per heavy atom. The maximum absolute atomic E-state index is 13.7. The zero-order valence-electron chi connectivity index (χ0n) is 21.4. The third-order valence-electron chi connectivity index (χ3n) is 6.11. The highest BCUT2D eigenvalue weighted by molar-refractivity contribution is 7.89. The van der Waals surface area contributed by atoms with Crippen molar-refractivity contribution >= 4 is 42.6 Å². The Kier molecular flexibility index (Phi) is 8.67. The van der Waals surface area contributed by atoms with Crippen LogP contribution in [0.3, 0.4) is 0 Å². The molecular weight excluding hydrogens is 549 g/mol. The Bertz CT molecular complexity index is 1540. The molecule has 0 spiro atoms. The summed E-state index contributed by atoms with van der Waals surface area (Å²) in [6.07, 6.45) is 0.101. The number of pyridine rings is 1. The Labute approximate surface area is 229 Å². The molecule has 2 aromatic heterocycles. The van der Waals surface area contributed by atoms with Gasteiger partial charge in [0.15, 0.2) is 5.13 Å². The Hall–Kier alpha value is -3.35. The predicted octanol–water partition coefficient (Wildman–Crippen LogP) is 6.37. The number of thiazole rings is 1. The van der Waals surface area contributed by atoms with E-state index in [4.69, 9.17) is 0 Å². The Morgan fingerprint density at radius 3 is 2.38 bits per heavy atom. The summed E-state index contributed by atoms with van der Waals surface area (Å²) in [5, 5.41) is 0.0870. The number of alkyl halides is 3. The minimum Gasteiger partial charge on any atom is -0.279 e. The highest BCUT2D eigenvalue weighted by atomic mass is 32.2. The van der Waals surface area contributed by atoms with Crippen molar-refractivity contribution in [2.45, 2.75) is 44.3 Å². The molecule has 0 saturated carbocycles. The summed E-state index contributed by atoms with van der Waals surface area (Å²) in [5.41, 5.74) is -0.295. The molecule has 4 aromatic rings. The van der Waals surface area contributed by atoms with Crippen LogP contribution in [0.5, 0.6) is 0 Å². The van der Waals surface area contributed by atoms with E-state index < -0.39 is 27.7 Å². The molecular formula is C27H27F3N4O3S2. The molecule has 7 nitrogen and oxygen atoms in total. The van der Waals surface area contributed by atoms with E-state index in [2.05, 4.69) is 9.97 Å². The van der Waals surface area contributed by atoms with Gasteiger partial charge in [-0.1, -0.05) is 43.7 Å². The van der Waals surface area contributed by atoms with Crippen LogP contribution in [0.2, 0.25) is 0 Å². The van der Waals surface area contributed by atoms with Gasteiger partial charge in [0.1, 0.15) is 0 Å². The van der Waals surface area contributed by atoms with E-state index >= 15 is 0 Å². The van der Waals surface area contributed by atoms with Gasteiger partial charge in [0.05, 0.1) is 27.2 Å². The zero-order valence-corrected chi connectivity index (χ0v) is 23.0. The van der Waals surface area contributed by atoms with Crippen molar-refractivity contribution in [1.29, 1.82) is 0 Å². The number of para-hydroxylation sites is 1. The number of amides is 1. The van der Waals surface area contributed by atoms with Gasteiger partial charge in [-0.05, 0) is 54.4 Å². The van der Waals surface area contributed by atoms with E-state index in [0.717, 1.165) is 30.2 Å². The van der Waals surface area contributed by atoms with Crippen molar-refractivity contribution in [2.24, 2.45) is 0 Å². The summed E-state index contributed by atoms with van der Waals surface area (Å²) in [5.74, 6) is -0.534. The van der Waals surface area contributed by atoms with Gasteiger partial charge < -0.3 is 0 Å². The maximum Gasteiger partial charge on any atom is 0.418 e. The average molecular weight is 577 g/mol. The Morgan fingerprint density at radius 1 is 1.03 bits per heavy atom. The van der Waals surface area contributed by atoms with E-state index in [-0.39, 0.29) is 32.4 Å². The zero-order chi connectivity index (χ0) is 28.2. The number of anilines is 1. The molecule has 39 heavy (non-hydrogen) atoms. The lowest BCUT2D eigenvalue weighted by atomic mass is 10.2. The summed E-state index contributed by atoms with van der Waals surface area (Å²) in [7, 11) is -3.74. The summed E-state index contributed by atoms with van der Waals surface area (Å²) < 4.78 is 68.7. The number of sulfonamides is 1. The van der Waals surface area contributed by atoms with Crippen LogP contribution in [0, 0.1) is 0 Å². The minimum absolute atomic E-state index is 0.00846. The number of hydrogen-bond acceptors (Lipinski definition) is 6. The van der Waals surface area contributed by atoms with Crippen LogP contribution in [0.25, 0.3) is 10.2 Å². The first-order valence-electron chi connectivity index (χ1n) is 12.3. The van der Waals surface area contributed by atoms with Crippen molar-refractivity contribution in [1.82, 2.24) is 14.3 Å². The van der Waals surface area contributed by atoms with Crippen LogP contribution in [0.1, 0.15) is 48.2 Å². The molecule has 4 rings (SSSR count). The van der Waals surface area contributed by atoms with Crippen molar-refractivity contribution in [3.8, 4) is 0 Å². The molecule has 2 aromatic carbocycles. The van der Waals surface area contributed by atoms with Gasteiger partial charge in [-0.2, -0.15) is 17.5 Å². The number of unbranched alkanes of at least 4 members (excludes halogenated alkanes) is 1. The minimum atomic E-state index is -4.60. The summed E-state index contributed by atoms with van der Waals surface area (Å²) in [6.45, 7) is 4.47. The molecule has 0 fully saturated rings. The van der Waals surface area contributed by atoms with E-state index in [1.807, 2.05) is 6.92 Å². The molecule has 0 saturated heterocycles. The number of carbonyl (C=O) groups is 1. The summed E-state index contributed by atoms with van der Waals surface area (Å²) in [6, 6.07) is 12.8. The Balaban J connectivity index is 1.71. The van der Waals surface area contributed by atoms with Crippen molar-refractivity contribution in [3.05, 3.63) is 83.7 Å². The van der Waals surface area contributed by atoms with Crippen LogP contribution in [0.4, 0.5) is 18.3 Å². The number of hydrogen-bond donors (Lipinski definition) is 0. The molecule has 0 radical (unpaired) electrons. The van der Waals surface area contributed by atoms with Crippen LogP contribution < -0.4 is 4.90 Å². The van der Waals surface area contributed by atoms with E-state index in [1.54, 1.807) is 31.5 Å². The highest BCUT2D eigenvalue weighted by Gasteiger charge is 2.34. The smallest absolute Gasteiger partial charge is 0.279 e. The molecule has 0 atom stereocenters. The number of rotatable bonds is 10. The van der Waals surface area contributed by atoms with Gasteiger partial charge in [0.2, 0.25) is 10.0 Å². The fourth-order valence-electron chi connectivity index (χ4n) is 4.04. The van der Waals surface area contributed by atoms with Gasteiger partial charge in [-0.3, -0.25) is 14.7 Å². The quantitative estimate of drug-likeness (QED) is 0.219. The molecule has 0 bridgehead atoms. The summed E-state index contributed by atoms with van der Waals surface area (Å²) in [4.78, 5) is 23.3. The third-order valence-corrected chi connectivity index (χ3v) is 9.14. The molecule has 0 aliphatic rings. The second-order valence-electron chi connectivity index (χ2n) is 8.77. The largest absolute Gasteiger partial charge is 0.418 e. The predicted molar refractivity (Wildman–Crippen MR) is 145 cm³/mol. The molecule has 2 heterocycles. The normalized spacial score (nSPS) is 12.3. The standard InChI is InChI=1S/C27H27F3N4O3S2/c1-3-5-16-33(4-2)39(36,37)21-13-11-20(12-14-21)25(35)34(18-19-8-7-15-31-17-19)26-32-24-22(27(28,29)30)9-6-10-23(24)38-26/h6-15,17H,3-5,16,18H2,1-2H3. The van der Waals surface area contributed by atoms with Gasteiger partial charge in [-0.25, -0.2) is 13.4 Å². The third kappa shape index (κ3) is 6.29. The van der Waals surface area contributed by atoms with Gasteiger partial charge >= 0.3 is 6.18 Å². The van der Waals surface area contributed by atoms with E-state index in [9.17, 15) is 26.4 Å². The first kappa shape index (κ1) is 28.7. The first-order valence-corrected chi connectivity index (χ1v) is 14.6. The number of nitrogens with zero attached hydrogens (tertiary/aromatic N) is 4. The van der Waals surface area contributed by atoms with Crippen LogP contribution in [-0.2, 0) is 22.7 Å². The number of benzene rings is 2. The molecule has 206 valence electrons. The number of halogens is 3. The molecule has 0 unspecified atom stereocenters. The second kappa shape index (κ2) is 11.8. The molecule has 0 N–H and O–H groups in total. The fourth-order valence-corrected chi connectivity index (χ4v) is 6.52. The average Bonchev–Trinajstić information content (AvgIpc) is 3.36. The topological polar surface area (TPSA) is 83.5 Å². The van der Waals surface area contributed by atoms with E-state index in [0.29, 0.717) is 18.7 Å². The maximum atomic E-state index is 13.7. The highest BCUT2D eigenvalue weighted by Crippen LogP contribution is 2.39. The fraction of sp³-hybridized carbons (Fsp3) is 0.296. The van der Waals surface area contributed by atoms with Crippen LogP contribution in [0.15, 0.2) is 71.9 Å². The van der Waals surface area contributed by atoms with E-state index in [1.165, 1.54) is 45.6 Å². The van der Waals surface area contributed by atoms with Gasteiger partial charge in [0.25, 0.3) is 5.91 Å². The number of fused-ring (bicyclic) bond motifs is 1. The molecule has 0 aliphatic carbocycles. The first-order chi connectivity index (χ1) is 18.6. The molecule has 1 amide bonds. The molecule has 12 heteroatoms. The number of aromatic nitrogens is 2. The van der Waals surface area contributed by atoms with Crippen molar-refractivity contribution in [2.75, 3.05) is 18.0 Å². The number of carbonyl (C=O) groups excluding carboxylic acids is 1. The second-order valence-corrected chi connectivity index (χ2v) is 11.7. The lowest BCUT2D eigenvalue weighted by molar-refractivity contribution is -0.136. The lowest BCUT2D eigenvalue weighted by Crippen LogP contribution is -2.32. The van der Waals surface area contributed by atoms with Gasteiger partial charge in [-0.15, -0.1) is 0 Å². The van der Waals surface area contributed by atoms with Crippen LogP contribution in [-0.4, -0.2) is 41.7 Å². The lowest BCUT2D eigenvalue weighted by Gasteiger charge is -2.21. The molecule has 0 aliphatic heterocycles. The SMILES string of the molecule is CCCCN(CC)S(=O)(=O)c1ccc(C(=O)N(Cc2cccnc2)c2nc3c(C(F)(F)F)cccc3s2)cc1. The monoisotopic (exact) mass is 576 g/mol. The van der Waals surface area contributed by atoms with Crippen molar-refractivity contribution in [3.63, 3.8) is 0 Å². The van der Waals surface area contributed by atoms with Gasteiger partial charge in [0, 0.05) is 31.0 Å². The summed E-state index contributed by atoms with van der Waals surface area (Å²) >= 11 is 0.971. The van der Waals surface area contributed by atoms with Crippen LogP contribution >= 0.6 is 11.3 Å². The van der Waals surface area contributed by atoms with Crippen molar-refractivity contribution < 1.29 is 26.4 Å².